The monoisotopic (exact) mass is 390 g/mol. The van der Waals surface area contributed by atoms with Crippen LogP contribution in [0.2, 0.25) is 0 Å². The van der Waals surface area contributed by atoms with Crippen LogP contribution in [0.4, 0.5) is 18.3 Å². The predicted octanol–water partition coefficient (Wildman–Crippen LogP) is 4.62. The number of carbonyl (C=O) groups excluding carboxylic acids is 1. The minimum absolute atomic E-state index is 0.0999. The second-order valence-electron chi connectivity index (χ2n) is 5.04. The number of rotatable bonds is 3. The Labute approximate surface area is 149 Å². The van der Waals surface area contributed by atoms with Gasteiger partial charge >= 0.3 is 6.18 Å². The van der Waals surface area contributed by atoms with E-state index >= 15 is 0 Å². The van der Waals surface area contributed by atoms with E-state index in [1.165, 1.54) is 17.4 Å². The third-order valence-electron chi connectivity index (χ3n) is 3.33. The van der Waals surface area contributed by atoms with E-state index in [9.17, 15) is 18.0 Å². The zero-order valence-electron chi connectivity index (χ0n) is 12.3. The summed E-state index contributed by atoms with van der Waals surface area (Å²) in [6.07, 6.45) is -4.39. The van der Waals surface area contributed by atoms with Crippen molar-refractivity contribution in [3.63, 3.8) is 0 Å². The maximum atomic E-state index is 12.8. The average Bonchev–Trinajstić information content (AvgIpc) is 3.03. The molecule has 128 valence electrons. The Balaban J connectivity index is 1.72. The van der Waals surface area contributed by atoms with Gasteiger partial charge in [0, 0.05) is 28.2 Å². The van der Waals surface area contributed by atoms with Gasteiger partial charge in [0.05, 0.1) is 16.5 Å². The topological polar surface area (TPSA) is 42.0 Å². The van der Waals surface area contributed by atoms with Crippen molar-refractivity contribution in [2.75, 3.05) is 22.6 Å². The van der Waals surface area contributed by atoms with Gasteiger partial charge in [-0.3, -0.25) is 4.79 Å². The van der Waals surface area contributed by atoms with Gasteiger partial charge in [0.1, 0.15) is 0 Å². The van der Waals surface area contributed by atoms with Crippen molar-refractivity contribution in [1.29, 1.82) is 0 Å². The molecule has 1 aliphatic heterocycles. The van der Waals surface area contributed by atoms with Gasteiger partial charge < -0.3 is 5.32 Å². The predicted molar refractivity (Wildman–Crippen MR) is 94.8 cm³/mol. The van der Waals surface area contributed by atoms with Gasteiger partial charge in [-0.1, -0.05) is 12.1 Å². The van der Waals surface area contributed by atoms with Crippen LogP contribution in [0.25, 0.3) is 11.3 Å². The van der Waals surface area contributed by atoms with Gasteiger partial charge in [0.15, 0.2) is 5.13 Å². The molecule has 2 aromatic rings. The molecule has 3 rings (SSSR count). The number of aromatic nitrogens is 1. The molecule has 1 aliphatic rings. The summed E-state index contributed by atoms with van der Waals surface area (Å²) in [5.74, 6) is 2.65. The van der Waals surface area contributed by atoms with Crippen LogP contribution in [0, 0.1) is 0 Å². The molecule has 1 aromatic heterocycles. The smallest absolute Gasteiger partial charge is 0.301 e. The van der Waals surface area contributed by atoms with Crippen molar-refractivity contribution in [3.8, 4) is 11.3 Å². The van der Waals surface area contributed by atoms with Crippen LogP contribution in [0.5, 0.6) is 0 Å². The number of hydrogen-bond donors (Lipinski definition) is 1. The number of amides is 1. The number of halogens is 3. The summed E-state index contributed by atoms with van der Waals surface area (Å²) < 4.78 is 38.4. The summed E-state index contributed by atoms with van der Waals surface area (Å²) in [6, 6.07) is 5.01. The number of carbonyl (C=O) groups is 1. The molecule has 0 radical (unpaired) electrons. The Morgan fingerprint density at radius 2 is 2.12 bits per heavy atom. The molecule has 1 aromatic carbocycles. The van der Waals surface area contributed by atoms with Gasteiger partial charge in [-0.05, 0) is 12.1 Å². The highest BCUT2D eigenvalue weighted by atomic mass is 32.2. The van der Waals surface area contributed by atoms with Gasteiger partial charge in [-0.25, -0.2) is 4.98 Å². The van der Waals surface area contributed by atoms with Crippen molar-refractivity contribution < 1.29 is 18.0 Å². The first-order valence-electron chi connectivity index (χ1n) is 7.07. The highest BCUT2D eigenvalue weighted by Crippen LogP contribution is 2.33. The van der Waals surface area contributed by atoms with Crippen LogP contribution in [-0.2, 0) is 11.0 Å². The van der Waals surface area contributed by atoms with E-state index < -0.39 is 11.7 Å². The number of nitrogens with zero attached hydrogens (tertiary/aromatic N) is 1. The number of nitrogens with one attached hydrogen (secondary N) is 1. The maximum absolute atomic E-state index is 12.8. The number of thioether (sulfide) groups is 2. The molecule has 1 amide bonds. The largest absolute Gasteiger partial charge is 0.416 e. The van der Waals surface area contributed by atoms with Crippen LogP contribution in [-0.4, -0.2) is 33.4 Å². The third kappa shape index (κ3) is 4.25. The van der Waals surface area contributed by atoms with E-state index in [2.05, 4.69) is 10.3 Å². The van der Waals surface area contributed by atoms with Gasteiger partial charge in [0.2, 0.25) is 5.91 Å². The molecule has 2 heterocycles. The Hall–Kier alpha value is -1.19. The number of hydrogen-bond acceptors (Lipinski definition) is 5. The Kier molecular flexibility index (Phi) is 5.41. The van der Waals surface area contributed by atoms with Gasteiger partial charge in [-0.15, -0.1) is 23.1 Å². The molecule has 24 heavy (non-hydrogen) atoms. The van der Waals surface area contributed by atoms with Gasteiger partial charge in [0.25, 0.3) is 0 Å². The minimum Gasteiger partial charge on any atom is -0.301 e. The lowest BCUT2D eigenvalue weighted by molar-refractivity contribution is -0.137. The molecule has 1 fully saturated rings. The van der Waals surface area contributed by atoms with E-state index in [4.69, 9.17) is 0 Å². The third-order valence-corrected chi connectivity index (χ3v) is 6.84. The first-order chi connectivity index (χ1) is 11.4. The van der Waals surface area contributed by atoms with E-state index in [0.29, 0.717) is 16.4 Å². The van der Waals surface area contributed by atoms with Gasteiger partial charge in [-0.2, -0.15) is 24.9 Å². The van der Waals surface area contributed by atoms with E-state index in [-0.39, 0.29) is 11.2 Å². The van der Waals surface area contributed by atoms with Crippen LogP contribution in [0.1, 0.15) is 5.56 Å². The van der Waals surface area contributed by atoms with Crippen LogP contribution in [0.15, 0.2) is 29.6 Å². The standard InChI is InChI=1S/C15H13F3N2OS3/c16-15(17,18)10-3-1-2-9(6-10)11-7-24-14(19-11)20-13(21)12-8-22-4-5-23-12/h1-3,6-7,12H,4-5,8H2,(H,19,20,21). The minimum atomic E-state index is -4.39. The maximum Gasteiger partial charge on any atom is 0.416 e. The van der Waals surface area contributed by atoms with Crippen molar-refractivity contribution in [1.82, 2.24) is 4.98 Å². The lowest BCUT2D eigenvalue weighted by Crippen LogP contribution is -2.30. The highest BCUT2D eigenvalue weighted by molar-refractivity contribution is 8.07. The summed E-state index contributed by atoms with van der Waals surface area (Å²) in [5.41, 5.74) is 0.0884. The Morgan fingerprint density at radius 3 is 2.83 bits per heavy atom. The molecule has 1 saturated heterocycles. The Bertz CT molecular complexity index is 727. The molecule has 1 N–H and O–H groups in total. The van der Waals surface area contributed by atoms with Crippen molar-refractivity contribution in [2.45, 2.75) is 11.4 Å². The summed E-state index contributed by atoms with van der Waals surface area (Å²) in [4.78, 5) is 16.4. The lowest BCUT2D eigenvalue weighted by atomic mass is 10.1. The number of alkyl halides is 3. The van der Waals surface area contributed by atoms with E-state index in [1.807, 2.05) is 0 Å². The molecule has 0 spiro atoms. The fourth-order valence-electron chi connectivity index (χ4n) is 2.14. The zero-order valence-corrected chi connectivity index (χ0v) is 14.7. The second kappa shape index (κ2) is 7.37. The summed E-state index contributed by atoms with van der Waals surface area (Å²) in [5, 5.41) is 4.70. The fraction of sp³-hybridized carbons (Fsp3) is 0.333. The zero-order chi connectivity index (χ0) is 17.2. The normalized spacial score (nSPS) is 18.4. The van der Waals surface area contributed by atoms with Crippen molar-refractivity contribution in [3.05, 3.63) is 35.2 Å². The lowest BCUT2D eigenvalue weighted by Gasteiger charge is -2.19. The van der Waals surface area contributed by atoms with Crippen LogP contribution < -0.4 is 5.32 Å². The molecule has 0 aliphatic carbocycles. The molecule has 0 bridgehead atoms. The summed E-state index contributed by atoms with van der Waals surface area (Å²) in [6.45, 7) is 0. The molecule has 1 unspecified atom stereocenters. The Morgan fingerprint density at radius 1 is 1.29 bits per heavy atom. The molecule has 3 nitrogen and oxygen atoms in total. The SMILES string of the molecule is O=C(Nc1nc(-c2cccc(C(F)(F)F)c2)cs1)C1CSCCS1. The first-order valence-corrected chi connectivity index (χ1v) is 10.1. The van der Waals surface area contributed by atoms with Crippen LogP contribution in [0.3, 0.4) is 0 Å². The first kappa shape index (κ1) is 17.6. The van der Waals surface area contributed by atoms with E-state index in [0.717, 1.165) is 29.4 Å². The summed E-state index contributed by atoms with van der Waals surface area (Å²) >= 11 is 4.57. The average molecular weight is 390 g/mol. The van der Waals surface area contributed by atoms with Crippen LogP contribution >= 0.6 is 34.9 Å². The number of anilines is 1. The molecule has 9 heteroatoms. The second-order valence-corrected chi connectivity index (χ2v) is 8.36. The summed E-state index contributed by atoms with van der Waals surface area (Å²) in [7, 11) is 0. The molecular weight excluding hydrogens is 377 g/mol. The molecule has 0 saturated carbocycles. The quantitative estimate of drug-likeness (QED) is 0.831. The van der Waals surface area contributed by atoms with E-state index in [1.54, 1.807) is 35.0 Å². The number of thiazole rings is 1. The fourth-order valence-corrected chi connectivity index (χ4v) is 5.42. The number of benzene rings is 1. The highest BCUT2D eigenvalue weighted by Gasteiger charge is 2.30. The molecule has 1 atom stereocenters. The molecular formula is C15H13F3N2OS3. The van der Waals surface area contributed by atoms with Crippen molar-refractivity contribution in [2.24, 2.45) is 0 Å². The van der Waals surface area contributed by atoms with Crippen molar-refractivity contribution >= 4 is 45.9 Å².